The third kappa shape index (κ3) is 10.1. The summed E-state index contributed by atoms with van der Waals surface area (Å²) in [6, 6.07) is 0. The zero-order chi connectivity index (χ0) is 11.6. The fourth-order valence-electron chi connectivity index (χ4n) is 1.08. The fraction of sp³-hybridized carbons (Fsp3) is 1.00. The van der Waals surface area contributed by atoms with Crippen LogP contribution in [0.15, 0.2) is 0 Å². The van der Waals surface area contributed by atoms with Crippen LogP contribution in [0.3, 0.4) is 0 Å². The third-order valence-corrected chi connectivity index (χ3v) is 3.33. The summed E-state index contributed by atoms with van der Waals surface area (Å²) in [4.78, 5) is 0. The molecule has 0 aromatic heterocycles. The fourth-order valence-corrected chi connectivity index (χ4v) is 2.20. The van der Waals surface area contributed by atoms with Crippen molar-refractivity contribution >= 4 is 10.0 Å². The molecule has 0 heterocycles. The summed E-state index contributed by atoms with van der Waals surface area (Å²) in [7, 11) is -1.24. The van der Waals surface area contributed by atoms with E-state index < -0.39 is 10.0 Å². The average Bonchev–Trinajstić information content (AvgIpc) is 2.20. The molecule has 15 heavy (non-hydrogen) atoms. The number of ether oxygens (including phenoxy) is 1. The highest BCUT2D eigenvalue weighted by molar-refractivity contribution is 7.89. The van der Waals surface area contributed by atoms with Gasteiger partial charge >= 0.3 is 0 Å². The Hall–Kier alpha value is -0.170. The number of hydrogen-bond donors (Lipinski definition) is 2. The molecule has 0 aromatic rings. The van der Waals surface area contributed by atoms with Crippen molar-refractivity contribution in [1.29, 1.82) is 0 Å². The number of nitrogens with one attached hydrogen (secondary N) is 2. The largest absolute Gasteiger partial charge is 0.380 e. The second-order valence-electron chi connectivity index (χ2n) is 3.22. The van der Waals surface area contributed by atoms with E-state index in [1.807, 2.05) is 14.0 Å². The average molecular weight is 238 g/mol. The van der Waals surface area contributed by atoms with Crippen molar-refractivity contribution in [1.82, 2.24) is 10.0 Å². The van der Waals surface area contributed by atoms with Crippen molar-refractivity contribution in [3.05, 3.63) is 0 Å². The molecule has 5 nitrogen and oxygen atoms in total. The first-order valence-electron chi connectivity index (χ1n) is 5.32. The summed E-state index contributed by atoms with van der Waals surface area (Å²) in [5.41, 5.74) is 0. The van der Waals surface area contributed by atoms with Crippen LogP contribution in [0.25, 0.3) is 0 Å². The highest BCUT2D eigenvalue weighted by Gasteiger charge is 2.08. The maximum Gasteiger partial charge on any atom is 0.211 e. The molecule has 0 amide bonds. The standard InChI is InChI=1S/C9H22N2O3S/c1-3-14-8-7-11-15(12,13)9-5-4-6-10-2/h10-11H,3-9H2,1-2H3. The van der Waals surface area contributed by atoms with Crippen LogP contribution in [0, 0.1) is 0 Å². The Bertz CT molecular complexity index is 212. The van der Waals surface area contributed by atoms with Crippen molar-refractivity contribution in [3.63, 3.8) is 0 Å². The minimum atomic E-state index is -3.10. The van der Waals surface area contributed by atoms with Crippen molar-refractivity contribution in [2.24, 2.45) is 0 Å². The molecule has 92 valence electrons. The predicted octanol–water partition coefficient (Wildman–Crippen LogP) is -0.0581. The first-order chi connectivity index (χ1) is 7.12. The maximum atomic E-state index is 11.4. The van der Waals surface area contributed by atoms with Crippen LogP contribution >= 0.6 is 0 Å². The number of unbranched alkanes of at least 4 members (excludes halogenated alkanes) is 1. The highest BCUT2D eigenvalue weighted by atomic mass is 32.2. The zero-order valence-corrected chi connectivity index (χ0v) is 10.4. The smallest absolute Gasteiger partial charge is 0.211 e. The van der Waals surface area contributed by atoms with Crippen LogP contribution in [-0.4, -0.2) is 47.5 Å². The van der Waals surface area contributed by atoms with Crippen LogP contribution in [0.4, 0.5) is 0 Å². The topological polar surface area (TPSA) is 67.4 Å². The Morgan fingerprint density at radius 1 is 1.20 bits per heavy atom. The van der Waals surface area contributed by atoms with Gasteiger partial charge in [0.05, 0.1) is 12.4 Å². The Morgan fingerprint density at radius 2 is 1.93 bits per heavy atom. The summed E-state index contributed by atoms with van der Waals surface area (Å²) < 4.78 is 30.3. The molecule has 0 aliphatic heterocycles. The van der Waals surface area contributed by atoms with Gasteiger partial charge in [-0.3, -0.25) is 0 Å². The molecule has 0 rings (SSSR count). The number of rotatable bonds is 10. The predicted molar refractivity (Wildman–Crippen MR) is 61.4 cm³/mol. The van der Waals surface area contributed by atoms with Gasteiger partial charge in [0.15, 0.2) is 0 Å². The van der Waals surface area contributed by atoms with Gasteiger partial charge in [-0.05, 0) is 33.4 Å². The molecule has 0 bridgehead atoms. The molecule has 0 spiro atoms. The summed E-state index contributed by atoms with van der Waals surface area (Å²) in [6.45, 7) is 4.15. The lowest BCUT2D eigenvalue weighted by Gasteiger charge is -2.06. The SMILES string of the molecule is CCOCCNS(=O)(=O)CCCCNC. The Kier molecular flexibility index (Phi) is 8.98. The zero-order valence-electron chi connectivity index (χ0n) is 9.58. The van der Waals surface area contributed by atoms with Crippen LogP contribution < -0.4 is 10.0 Å². The van der Waals surface area contributed by atoms with E-state index in [0.717, 1.165) is 13.0 Å². The van der Waals surface area contributed by atoms with E-state index in [1.165, 1.54) is 0 Å². The summed E-state index contributed by atoms with van der Waals surface area (Å²) in [6.07, 6.45) is 1.56. The van der Waals surface area contributed by atoms with Crippen LogP contribution in [0.2, 0.25) is 0 Å². The van der Waals surface area contributed by atoms with Crippen LogP contribution in [0.1, 0.15) is 19.8 Å². The van der Waals surface area contributed by atoms with E-state index in [2.05, 4.69) is 10.0 Å². The minimum absolute atomic E-state index is 0.195. The maximum absolute atomic E-state index is 11.4. The molecular formula is C9H22N2O3S. The molecule has 0 saturated heterocycles. The number of hydrogen-bond acceptors (Lipinski definition) is 4. The summed E-state index contributed by atoms with van der Waals surface area (Å²) >= 11 is 0. The van der Waals surface area contributed by atoms with E-state index in [0.29, 0.717) is 26.2 Å². The molecule has 0 saturated carbocycles. The van der Waals surface area contributed by atoms with Crippen LogP contribution in [-0.2, 0) is 14.8 Å². The van der Waals surface area contributed by atoms with Gasteiger partial charge in [-0.2, -0.15) is 0 Å². The van der Waals surface area contributed by atoms with Gasteiger partial charge in [0.25, 0.3) is 0 Å². The van der Waals surface area contributed by atoms with Gasteiger partial charge < -0.3 is 10.1 Å². The van der Waals surface area contributed by atoms with Crippen molar-refractivity contribution in [2.75, 3.05) is 39.1 Å². The first kappa shape index (κ1) is 14.8. The normalized spacial score (nSPS) is 11.9. The van der Waals surface area contributed by atoms with Gasteiger partial charge in [-0.25, -0.2) is 13.1 Å². The summed E-state index contributed by atoms with van der Waals surface area (Å²) in [5, 5.41) is 2.98. The number of sulfonamides is 1. The Balaban J connectivity index is 3.50. The molecule has 0 radical (unpaired) electrons. The second kappa shape index (κ2) is 9.08. The van der Waals surface area contributed by atoms with Gasteiger partial charge in [-0.1, -0.05) is 0 Å². The molecule has 2 N–H and O–H groups in total. The molecule has 0 aliphatic rings. The van der Waals surface area contributed by atoms with E-state index in [4.69, 9.17) is 4.74 Å². The highest BCUT2D eigenvalue weighted by Crippen LogP contribution is 1.93. The van der Waals surface area contributed by atoms with E-state index in [-0.39, 0.29) is 5.75 Å². The molecule has 0 aromatic carbocycles. The van der Waals surface area contributed by atoms with Crippen molar-refractivity contribution < 1.29 is 13.2 Å². The Morgan fingerprint density at radius 3 is 2.53 bits per heavy atom. The van der Waals surface area contributed by atoms with Crippen molar-refractivity contribution in [3.8, 4) is 0 Å². The van der Waals surface area contributed by atoms with E-state index in [1.54, 1.807) is 0 Å². The third-order valence-electron chi connectivity index (χ3n) is 1.86. The van der Waals surface area contributed by atoms with Crippen molar-refractivity contribution in [2.45, 2.75) is 19.8 Å². The monoisotopic (exact) mass is 238 g/mol. The van der Waals surface area contributed by atoms with Gasteiger partial charge in [0.2, 0.25) is 10.0 Å². The van der Waals surface area contributed by atoms with E-state index >= 15 is 0 Å². The quantitative estimate of drug-likeness (QED) is 0.523. The lowest BCUT2D eigenvalue weighted by molar-refractivity contribution is 0.153. The Labute approximate surface area is 92.6 Å². The minimum Gasteiger partial charge on any atom is -0.380 e. The summed E-state index contributed by atoms with van der Waals surface area (Å²) in [5.74, 6) is 0.195. The molecule has 0 aliphatic carbocycles. The first-order valence-corrected chi connectivity index (χ1v) is 6.97. The molecular weight excluding hydrogens is 216 g/mol. The lowest BCUT2D eigenvalue weighted by Crippen LogP contribution is -2.29. The van der Waals surface area contributed by atoms with E-state index in [9.17, 15) is 8.42 Å². The molecule has 0 atom stereocenters. The van der Waals surface area contributed by atoms with Crippen LogP contribution in [0.5, 0.6) is 0 Å². The van der Waals surface area contributed by atoms with Gasteiger partial charge in [-0.15, -0.1) is 0 Å². The second-order valence-corrected chi connectivity index (χ2v) is 5.15. The molecule has 0 fully saturated rings. The van der Waals surface area contributed by atoms with Gasteiger partial charge in [0.1, 0.15) is 0 Å². The molecule has 0 unspecified atom stereocenters. The molecule has 6 heteroatoms. The lowest BCUT2D eigenvalue weighted by atomic mass is 10.3. The van der Waals surface area contributed by atoms with Gasteiger partial charge in [0, 0.05) is 13.2 Å².